The van der Waals surface area contributed by atoms with Crippen molar-refractivity contribution in [3.63, 3.8) is 0 Å². The Morgan fingerprint density at radius 3 is 2.67 bits per heavy atom. The zero-order valence-electron chi connectivity index (χ0n) is 12.9. The zero-order valence-corrected chi connectivity index (χ0v) is 13.7. The van der Waals surface area contributed by atoms with Gasteiger partial charge in [-0.25, -0.2) is 4.79 Å². The van der Waals surface area contributed by atoms with Crippen molar-refractivity contribution in [1.82, 2.24) is 10.2 Å². The minimum atomic E-state index is 0.0388. The van der Waals surface area contributed by atoms with E-state index in [1.54, 1.807) is 0 Å². The van der Waals surface area contributed by atoms with Crippen molar-refractivity contribution in [2.45, 2.75) is 64.6 Å². The molecule has 1 aliphatic rings. The monoisotopic (exact) mass is 308 g/mol. The lowest BCUT2D eigenvalue weighted by molar-refractivity contribution is 0.172. The quantitative estimate of drug-likeness (QED) is 0.866. The molecular formula is C17H25ClN2O. The Morgan fingerprint density at radius 2 is 2.05 bits per heavy atom. The molecule has 3 nitrogen and oxygen atoms in total. The van der Waals surface area contributed by atoms with E-state index in [0.717, 1.165) is 18.4 Å². The van der Waals surface area contributed by atoms with Crippen LogP contribution in [-0.4, -0.2) is 23.0 Å². The van der Waals surface area contributed by atoms with Crippen LogP contribution in [0.3, 0.4) is 0 Å². The minimum absolute atomic E-state index is 0.0388. The molecule has 0 unspecified atom stereocenters. The molecule has 0 aliphatic heterocycles. The van der Waals surface area contributed by atoms with Gasteiger partial charge in [0.1, 0.15) is 0 Å². The highest BCUT2D eigenvalue weighted by atomic mass is 35.5. The van der Waals surface area contributed by atoms with Gasteiger partial charge in [-0.15, -0.1) is 0 Å². The van der Waals surface area contributed by atoms with Gasteiger partial charge in [-0.1, -0.05) is 43.0 Å². The van der Waals surface area contributed by atoms with E-state index in [9.17, 15) is 4.79 Å². The van der Waals surface area contributed by atoms with Crippen molar-refractivity contribution in [2.75, 3.05) is 0 Å². The number of carbonyl (C=O) groups excluding carboxylic acids is 1. The molecule has 2 rings (SSSR count). The van der Waals surface area contributed by atoms with Gasteiger partial charge in [0.05, 0.1) is 0 Å². The highest BCUT2D eigenvalue weighted by molar-refractivity contribution is 6.30. The molecule has 0 bridgehead atoms. The van der Waals surface area contributed by atoms with E-state index in [1.165, 1.54) is 19.3 Å². The Hall–Kier alpha value is -1.22. The molecule has 0 spiro atoms. The third kappa shape index (κ3) is 4.92. The number of halogens is 1. The number of amides is 2. The minimum Gasteiger partial charge on any atom is -0.335 e. The second-order valence-corrected chi connectivity index (χ2v) is 6.57. The summed E-state index contributed by atoms with van der Waals surface area (Å²) >= 11 is 6.02. The summed E-state index contributed by atoms with van der Waals surface area (Å²) in [4.78, 5) is 14.4. The van der Waals surface area contributed by atoms with Gasteiger partial charge in [0.15, 0.2) is 0 Å². The Kier molecular flexibility index (Phi) is 5.92. The fourth-order valence-electron chi connectivity index (χ4n) is 2.83. The summed E-state index contributed by atoms with van der Waals surface area (Å²) in [6.45, 7) is 4.69. The second kappa shape index (κ2) is 7.69. The summed E-state index contributed by atoms with van der Waals surface area (Å²) < 4.78 is 0. The molecule has 0 heterocycles. The van der Waals surface area contributed by atoms with Crippen molar-refractivity contribution < 1.29 is 4.79 Å². The van der Waals surface area contributed by atoms with E-state index in [1.807, 2.05) is 43.0 Å². The third-order valence-corrected chi connectivity index (χ3v) is 4.29. The van der Waals surface area contributed by atoms with Crippen molar-refractivity contribution in [3.8, 4) is 0 Å². The van der Waals surface area contributed by atoms with E-state index >= 15 is 0 Å². The average Bonchev–Trinajstić information content (AvgIpc) is 2.45. The molecule has 2 amide bonds. The number of urea groups is 1. The lowest BCUT2D eigenvalue weighted by Gasteiger charge is -2.31. The normalized spacial score (nSPS) is 16.0. The van der Waals surface area contributed by atoms with Gasteiger partial charge in [0.25, 0.3) is 0 Å². The van der Waals surface area contributed by atoms with Gasteiger partial charge in [-0.05, 0) is 44.4 Å². The van der Waals surface area contributed by atoms with Crippen molar-refractivity contribution >= 4 is 17.6 Å². The first-order valence-corrected chi connectivity index (χ1v) is 8.25. The van der Waals surface area contributed by atoms with Crippen LogP contribution in [0.2, 0.25) is 5.02 Å². The summed E-state index contributed by atoms with van der Waals surface area (Å²) in [6.07, 6.45) is 5.95. The fraction of sp³-hybridized carbons (Fsp3) is 0.588. The lowest BCUT2D eigenvalue weighted by Crippen LogP contribution is -2.47. The number of benzene rings is 1. The Bertz CT molecular complexity index is 470. The molecule has 1 aromatic carbocycles. The van der Waals surface area contributed by atoms with Crippen LogP contribution in [0, 0.1) is 0 Å². The topological polar surface area (TPSA) is 32.3 Å². The standard InChI is InChI=1S/C17H25ClN2O/c1-13(2)20(12-14-7-6-8-15(18)11-14)17(21)19-16-9-4-3-5-10-16/h6-8,11,13,16H,3-5,9-10,12H2,1-2H3,(H,19,21). The summed E-state index contributed by atoms with van der Waals surface area (Å²) in [7, 11) is 0. The molecule has 1 N–H and O–H groups in total. The first-order chi connectivity index (χ1) is 10.1. The first kappa shape index (κ1) is 16.2. The maximum absolute atomic E-state index is 12.5. The van der Waals surface area contributed by atoms with Crippen LogP contribution < -0.4 is 5.32 Å². The predicted octanol–water partition coefficient (Wildman–Crippen LogP) is 4.59. The predicted molar refractivity (Wildman–Crippen MR) is 87.5 cm³/mol. The van der Waals surface area contributed by atoms with Crippen LogP contribution in [-0.2, 0) is 6.54 Å². The number of hydrogen-bond donors (Lipinski definition) is 1. The third-order valence-electron chi connectivity index (χ3n) is 4.06. The van der Waals surface area contributed by atoms with E-state index in [-0.39, 0.29) is 12.1 Å². The number of nitrogens with one attached hydrogen (secondary N) is 1. The molecule has 1 fully saturated rings. The number of rotatable bonds is 4. The highest BCUT2D eigenvalue weighted by Crippen LogP contribution is 2.19. The van der Waals surface area contributed by atoms with Gasteiger partial charge >= 0.3 is 6.03 Å². The van der Waals surface area contributed by atoms with E-state index in [4.69, 9.17) is 11.6 Å². The van der Waals surface area contributed by atoms with Crippen molar-refractivity contribution in [2.24, 2.45) is 0 Å². The van der Waals surface area contributed by atoms with Crippen molar-refractivity contribution in [1.29, 1.82) is 0 Å². The molecular weight excluding hydrogens is 284 g/mol. The van der Waals surface area contributed by atoms with Crippen LogP contribution >= 0.6 is 11.6 Å². The SMILES string of the molecule is CC(C)N(Cc1cccc(Cl)c1)C(=O)NC1CCCCC1. The molecule has 116 valence electrons. The Balaban J connectivity index is 1.98. The largest absolute Gasteiger partial charge is 0.335 e. The zero-order chi connectivity index (χ0) is 15.2. The smallest absolute Gasteiger partial charge is 0.318 e. The first-order valence-electron chi connectivity index (χ1n) is 7.88. The van der Waals surface area contributed by atoms with E-state index in [2.05, 4.69) is 5.32 Å². The van der Waals surface area contributed by atoms with Crippen LogP contribution in [0.15, 0.2) is 24.3 Å². The molecule has 1 aliphatic carbocycles. The summed E-state index contributed by atoms with van der Waals surface area (Å²) in [6, 6.07) is 8.25. The van der Waals surface area contributed by atoms with Gasteiger partial charge in [-0.2, -0.15) is 0 Å². The maximum Gasteiger partial charge on any atom is 0.318 e. The van der Waals surface area contributed by atoms with Crippen LogP contribution in [0.1, 0.15) is 51.5 Å². The van der Waals surface area contributed by atoms with Crippen LogP contribution in [0.4, 0.5) is 4.79 Å². The average molecular weight is 309 g/mol. The van der Waals surface area contributed by atoms with Crippen LogP contribution in [0.5, 0.6) is 0 Å². The summed E-state index contributed by atoms with van der Waals surface area (Å²) in [5.41, 5.74) is 1.06. The maximum atomic E-state index is 12.5. The summed E-state index contributed by atoms with van der Waals surface area (Å²) in [5, 5.41) is 3.90. The number of nitrogens with zero attached hydrogens (tertiary/aromatic N) is 1. The van der Waals surface area contributed by atoms with Gasteiger partial charge in [-0.3, -0.25) is 0 Å². The molecule has 0 radical (unpaired) electrons. The molecule has 1 saturated carbocycles. The van der Waals surface area contributed by atoms with Gasteiger partial charge in [0, 0.05) is 23.7 Å². The Labute approximate surface area is 132 Å². The highest BCUT2D eigenvalue weighted by Gasteiger charge is 2.21. The molecule has 4 heteroatoms. The van der Waals surface area contributed by atoms with Gasteiger partial charge < -0.3 is 10.2 Å². The number of hydrogen-bond acceptors (Lipinski definition) is 1. The van der Waals surface area contributed by atoms with Crippen molar-refractivity contribution in [3.05, 3.63) is 34.9 Å². The molecule has 1 aromatic rings. The van der Waals surface area contributed by atoms with E-state index in [0.29, 0.717) is 17.6 Å². The number of carbonyl (C=O) groups is 1. The molecule has 21 heavy (non-hydrogen) atoms. The lowest BCUT2D eigenvalue weighted by atomic mass is 9.96. The Morgan fingerprint density at radius 1 is 1.33 bits per heavy atom. The molecule has 0 saturated heterocycles. The van der Waals surface area contributed by atoms with Crippen LogP contribution in [0.25, 0.3) is 0 Å². The fourth-order valence-corrected chi connectivity index (χ4v) is 3.04. The van der Waals surface area contributed by atoms with E-state index < -0.39 is 0 Å². The van der Waals surface area contributed by atoms with Gasteiger partial charge in [0.2, 0.25) is 0 Å². The molecule has 0 atom stereocenters. The second-order valence-electron chi connectivity index (χ2n) is 6.14. The molecule has 0 aromatic heterocycles. The summed E-state index contributed by atoms with van der Waals surface area (Å²) in [5.74, 6) is 0.